The Balaban J connectivity index is 1.70. The first-order chi connectivity index (χ1) is 8.77. The number of nitrogens with one attached hydrogen (secondary N) is 1. The molecule has 1 aromatic carbocycles. The lowest BCUT2D eigenvalue weighted by molar-refractivity contribution is 0.0115. The van der Waals surface area contributed by atoms with Gasteiger partial charge in [0.15, 0.2) is 0 Å². The number of aromatic hydroxyl groups is 1. The molecule has 0 aliphatic carbocycles. The summed E-state index contributed by atoms with van der Waals surface area (Å²) in [6.07, 6.45) is 5.19. The van der Waals surface area contributed by atoms with Crippen molar-refractivity contribution in [3.8, 4) is 5.75 Å². The molecule has 100 valence electrons. The third-order valence-corrected chi connectivity index (χ3v) is 3.55. The van der Waals surface area contributed by atoms with Crippen molar-refractivity contribution in [3.05, 3.63) is 29.3 Å². The summed E-state index contributed by atoms with van der Waals surface area (Å²) >= 11 is 0. The molecule has 3 heteroatoms. The Morgan fingerprint density at radius 1 is 1.39 bits per heavy atom. The Kier molecular flexibility index (Phi) is 5.02. The molecule has 1 heterocycles. The van der Waals surface area contributed by atoms with Crippen LogP contribution in [0.15, 0.2) is 18.2 Å². The van der Waals surface area contributed by atoms with Crippen LogP contribution in [0.3, 0.4) is 0 Å². The molecular formula is C15H23NO2. The van der Waals surface area contributed by atoms with Gasteiger partial charge in [-0.25, -0.2) is 0 Å². The van der Waals surface area contributed by atoms with Crippen LogP contribution in [0.1, 0.15) is 36.8 Å². The molecule has 3 nitrogen and oxygen atoms in total. The van der Waals surface area contributed by atoms with Crippen LogP contribution in [0.2, 0.25) is 0 Å². The molecule has 1 saturated heterocycles. The number of phenols is 1. The van der Waals surface area contributed by atoms with Gasteiger partial charge in [-0.1, -0.05) is 18.2 Å². The number of para-hydroxylation sites is 1. The van der Waals surface area contributed by atoms with Gasteiger partial charge in [0.2, 0.25) is 0 Å². The SMILES string of the molecule is Cc1cccc(CNCCC2CCCCO2)c1O. The van der Waals surface area contributed by atoms with E-state index in [2.05, 4.69) is 5.32 Å². The molecule has 0 radical (unpaired) electrons. The summed E-state index contributed by atoms with van der Waals surface area (Å²) < 4.78 is 5.68. The predicted molar refractivity (Wildman–Crippen MR) is 72.8 cm³/mol. The number of rotatable bonds is 5. The van der Waals surface area contributed by atoms with Crippen LogP contribution < -0.4 is 5.32 Å². The van der Waals surface area contributed by atoms with Crippen LogP contribution in [0.4, 0.5) is 0 Å². The highest BCUT2D eigenvalue weighted by molar-refractivity contribution is 5.39. The summed E-state index contributed by atoms with van der Waals surface area (Å²) in [5.74, 6) is 0.416. The average Bonchev–Trinajstić information content (AvgIpc) is 2.40. The Morgan fingerprint density at radius 2 is 2.28 bits per heavy atom. The molecule has 1 aliphatic heterocycles. The summed E-state index contributed by atoms with van der Waals surface area (Å²) in [7, 11) is 0. The maximum Gasteiger partial charge on any atom is 0.122 e. The largest absolute Gasteiger partial charge is 0.507 e. The summed E-state index contributed by atoms with van der Waals surface area (Å²) in [5.41, 5.74) is 1.91. The minimum Gasteiger partial charge on any atom is -0.507 e. The number of hydrogen-bond donors (Lipinski definition) is 2. The van der Waals surface area contributed by atoms with E-state index in [1.165, 1.54) is 19.3 Å². The zero-order valence-corrected chi connectivity index (χ0v) is 11.1. The lowest BCUT2D eigenvalue weighted by atomic mass is 10.1. The van der Waals surface area contributed by atoms with Crippen molar-refractivity contribution in [2.24, 2.45) is 0 Å². The Morgan fingerprint density at radius 3 is 3.06 bits per heavy atom. The standard InChI is InChI=1S/C15H23NO2/c1-12-5-4-6-13(15(12)17)11-16-9-8-14-7-2-3-10-18-14/h4-6,14,16-17H,2-3,7-11H2,1H3. The molecule has 1 atom stereocenters. The highest BCUT2D eigenvalue weighted by Gasteiger charge is 2.12. The van der Waals surface area contributed by atoms with E-state index in [1.54, 1.807) is 0 Å². The Bertz CT molecular complexity index is 373. The van der Waals surface area contributed by atoms with Gasteiger partial charge in [0.25, 0.3) is 0 Å². The molecule has 2 N–H and O–H groups in total. The molecule has 18 heavy (non-hydrogen) atoms. The molecule has 1 aliphatic rings. The molecule has 0 aromatic heterocycles. The van der Waals surface area contributed by atoms with Crippen LogP contribution in [0.5, 0.6) is 5.75 Å². The zero-order chi connectivity index (χ0) is 12.8. The van der Waals surface area contributed by atoms with Crippen molar-refractivity contribution in [3.63, 3.8) is 0 Å². The first kappa shape index (κ1) is 13.4. The first-order valence-corrected chi connectivity index (χ1v) is 6.87. The van der Waals surface area contributed by atoms with Gasteiger partial charge in [-0.15, -0.1) is 0 Å². The quantitative estimate of drug-likeness (QED) is 0.788. The first-order valence-electron chi connectivity index (χ1n) is 6.87. The van der Waals surface area contributed by atoms with E-state index in [0.29, 0.717) is 11.9 Å². The Labute approximate surface area is 109 Å². The van der Waals surface area contributed by atoms with E-state index in [4.69, 9.17) is 4.74 Å². The molecule has 0 spiro atoms. The van der Waals surface area contributed by atoms with Crippen molar-refractivity contribution in [1.29, 1.82) is 0 Å². The van der Waals surface area contributed by atoms with Crippen molar-refractivity contribution in [2.75, 3.05) is 13.2 Å². The fourth-order valence-corrected chi connectivity index (χ4v) is 2.38. The molecule has 1 unspecified atom stereocenters. The summed E-state index contributed by atoms with van der Waals surface area (Å²) in [4.78, 5) is 0. The van der Waals surface area contributed by atoms with Crippen molar-refractivity contribution < 1.29 is 9.84 Å². The van der Waals surface area contributed by atoms with E-state index in [-0.39, 0.29) is 0 Å². The van der Waals surface area contributed by atoms with Gasteiger partial charge < -0.3 is 15.2 Å². The van der Waals surface area contributed by atoms with E-state index >= 15 is 0 Å². The maximum absolute atomic E-state index is 9.88. The topological polar surface area (TPSA) is 41.5 Å². The minimum absolute atomic E-state index is 0.416. The third-order valence-electron chi connectivity index (χ3n) is 3.55. The highest BCUT2D eigenvalue weighted by Crippen LogP contribution is 2.21. The summed E-state index contributed by atoms with van der Waals surface area (Å²) in [6.45, 7) is 4.51. The van der Waals surface area contributed by atoms with Crippen molar-refractivity contribution >= 4 is 0 Å². The van der Waals surface area contributed by atoms with E-state index in [9.17, 15) is 5.11 Å². The van der Waals surface area contributed by atoms with Crippen molar-refractivity contribution in [2.45, 2.75) is 45.3 Å². The van der Waals surface area contributed by atoms with Gasteiger partial charge >= 0.3 is 0 Å². The van der Waals surface area contributed by atoms with E-state index < -0.39 is 0 Å². The fourth-order valence-electron chi connectivity index (χ4n) is 2.38. The molecule has 2 rings (SSSR count). The summed E-state index contributed by atoms with van der Waals surface area (Å²) in [6, 6.07) is 5.87. The number of ether oxygens (including phenoxy) is 1. The lowest BCUT2D eigenvalue weighted by Crippen LogP contribution is -2.25. The van der Waals surface area contributed by atoms with Crippen LogP contribution in [0.25, 0.3) is 0 Å². The highest BCUT2D eigenvalue weighted by atomic mass is 16.5. The fraction of sp³-hybridized carbons (Fsp3) is 0.600. The van der Waals surface area contributed by atoms with Gasteiger partial charge in [-0.3, -0.25) is 0 Å². The molecule has 1 fully saturated rings. The van der Waals surface area contributed by atoms with E-state index in [1.807, 2.05) is 25.1 Å². The van der Waals surface area contributed by atoms with Crippen LogP contribution in [0, 0.1) is 6.92 Å². The van der Waals surface area contributed by atoms with Crippen molar-refractivity contribution in [1.82, 2.24) is 5.32 Å². The second-order valence-corrected chi connectivity index (χ2v) is 5.04. The third kappa shape index (κ3) is 3.72. The number of hydrogen-bond acceptors (Lipinski definition) is 3. The predicted octanol–water partition coefficient (Wildman–Crippen LogP) is 2.75. The molecule has 0 amide bonds. The smallest absolute Gasteiger partial charge is 0.122 e. The summed E-state index contributed by atoms with van der Waals surface area (Å²) in [5, 5.41) is 13.3. The van der Waals surface area contributed by atoms with Gasteiger partial charge in [-0.2, -0.15) is 0 Å². The maximum atomic E-state index is 9.88. The van der Waals surface area contributed by atoms with Crippen LogP contribution in [-0.4, -0.2) is 24.4 Å². The zero-order valence-electron chi connectivity index (χ0n) is 11.1. The molecule has 0 saturated carbocycles. The monoisotopic (exact) mass is 249 g/mol. The molecule has 0 bridgehead atoms. The van der Waals surface area contributed by atoms with Gasteiger partial charge in [0.05, 0.1) is 6.10 Å². The van der Waals surface area contributed by atoms with Gasteiger partial charge in [0, 0.05) is 18.7 Å². The van der Waals surface area contributed by atoms with E-state index in [0.717, 1.165) is 37.2 Å². The van der Waals surface area contributed by atoms with Gasteiger partial charge in [-0.05, 0) is 44.7 Å². The average molecular weight is 249 g/mol. The molecule has 1 aromatic rings. The number of aryl methyl sites for hydroxylation is 1. The Hall–Kier alpha value is -1.06. The minimum atomic E-state index is 0.416. The van der Waals surface area contributed by atoms with Crippen LogP contribution >= 0.6 is 0 Å². The number of phenolic OH excluding ortho intramolecular Hbond substituents is 1. The molecular weight excluding hydrogens is 226 g/mol. The second kappa shape index (κ2) is 6.76. The number of benzene rings is 1. The van der Waals surface area contributed by atoms with Crippen LogP contribution in [-0.2, 0) is 11.3 Å². The normalized spacial score (nSPS) is 19.9. The second-order valence-electron chi connectivity index (χ2n) is 5.04. The van der Waals surface area contributed by atoms with Gasteiger partial charge in [0.1, 0.15) is 5.75 Å². The lowest BCUT2D eigenvalue weighted by Gasteiger charge is -2.22.